The number of aliphatic carboxylic acids is 1. The largest absolute Gasteiger partial charge is 0.483 e. The van der Waals surface area contributed by atoms with Crippen LogP contribution in [0.1, 0.15) is 18.4 Å². The number of ether oxygens (including phenoxy) is 1. The molecule has 0 spiro atoms. The summed E-state index contributed by atoms with van der Waals surface area (Å²) in [6, 6.07) is -0.0572. The van der Waals surface area contributed by atoms with Crippen LogP contribution in [0.5, 0.6) is 0 Å². The Balaban J connectivity index is 0.000000817. The first kappa shape index (κ1) is 20.8. The van der Waals surface area contributed by atoms with Gasteiger partial charge in [0.25, 0.3) is 6.47 Å². The summed E-state index contributed by atoms with van der Waals surface area (Å²) in [7, 11) is 0. The summed E-state index contributed by atoms with van der Waals surface area (Å²) in [5.74, 6) is -0.514. The lowest BCUT2D eigenvalue weighted by Crippen LogP contribution is -2.47. The minimum absolute atomic E-state index is 0.0233. The molecule has 3 heterocycles. The van der Waals surface area contributed by atoms with Gasteiger partial charge in [0.15, 0.2) is 0 Å². The van der Waals surface area contributed by atoms with Gasteiger partial charge in [0.1, 0.15) is 0 Å². The number of rotatable bonds is 6. The molecule has 0 saturated carbocycles. The van der Waals surface area contributed by atoms with Crippen molar-refractivity contribution in [2.24, 2.45) is 5.92 Å². The molecule has 2 atom stereocenters. The maximum Gasteiger partial charge on any atom is 0.317 e. The minimum atomic E-state index is -0.825. The van der Waals surface area contributed by atoms with Crippen molar-refractivity contribution in [3.8, 4) is 0 Å². The summed E-state index contributed by atoms with van der Waals surface area (Å²) in [5, 5.41) is 22.6. The number of carbonyl (C=O) groups excluding carboxylic acids is 1. The van der Waals surface area contributed by atoms with Crippen LogP contribution in [0.25, 0.3) is 0 Å². The van der Waals surface area contributed by atoms with Crippen molar-refractivity contribution in [1.82, 2.24) is 20.0 Å². The summed E-state index contributed by atoms with van der Waals surface area (Å²) in [6.45, 7) is 2.74. The fourth-order valence-electron chi connectivity index (χ4n) is 3.57. The average Bonchev–Trinajstić information content (AvgIpc) is 2.95. The number of carboxylic acids is 1. The number of aromatic amines is 1. The molecule has 2 fully saturated rings. The van der Waals surface area contributed by atoms with Crippen LogP contribution in [-0.4, -0.2) is 94.0 Å². The van der Waals surface area contributed by atoms with Gasteiger partial charge in [-0.3, -0.25) is 24.4 Å². The Morgan fingerprint density at radius 3 is 2.78 bits per heavy atom. The molecule has 3 rings (SSSR count). The second-order valence-electron chi connectivity index (χ2n) is 6.76. The van der Waals surface area contributed by atoms with Gasteiger partial charge >= 0.3 is 5.97 Å². The number of nitrogens with one attached hydrogen (secondary N) is 1. The average molecular weight is 382 g/mol. The summed E-state index contributed by atoms with van der Waals surface area (Å²) in [4.78, 5) is 35.9. The Morgan fingerprint density at radius 2 is 2.11 bits per heavy atom. The molecule has 1 aromatic heterocycles. The Bertz CT molecular complexity index is 609. The summed E-state index contributed by atoms with van der Waals surface area (Å²) < 4.78 is 5.68. The van der Waals surface area contributed by atoms with E-state index in [9.17, 15) is 9.59 Å². The van der Waals surface area contributed by atoms with E-state index in [1.54, 1.807) is 6.20 Å². The van der Waals surface area contributed by atoms with Crippen molar-refractivity contribution >= 4 is 18.3 Å². The van der Waals surface area contributed by atoms with E-state index < -0.39 is 5.97 Å². The standard InChI is InChI=1S/C16H24N4O4.CH2O2/c21-15(3-1-2-12-4-17-18-5-12)20-7-13-6-19(9-16(22)23)8-14(20)11-24-10-13;2-1-3/h4-5,13-14H,1-3,6-11H2,(H,17,18)(H,22,23);1H,(H,2,3)/t13-,14-;/m0./s1. The molecule has 0 unspecified atom stereocenters. The lowest BCUT2D eigenvalue weighted by atomic mass is 10.1. The zero-order valence-electron chi connectivity index (χ0n) is 15.1. The van der Waals surface area contributed by atoms with Crippen molar-refractivity contribution < 1.29 is 29.3 Å². The van der Waals surface area contributed by atoms with Crippen LogP contribution < -0.4 is 0 Å². The summed E-state index contributed by atoms with van der Waals surface area (Å²) in [5.41, 5.74) is 1.10. The normalized spacial score (nSPS) is 22.3. The van der Waals surface area contributed by atoms with Gasteiger partial charge in [-0.2, -0.15) is 5.10 Å². The zero-order chi connectivity index (χ0) is 19.6. The van der Waals surface area contributed by atoms with Gasteiger partial charge in [0.2, 0.25) is 5.91 Å². The maximum absolute atomic E-state index is 12.7. The van der Waals surface area contributed by atoms with Crippen LogP contribution in [-0.2, 0) is 25.5 Å². The first-order chi connectivity index (χ1) is 13.0. The smallest absolute Gasteiger partial charge is 0.317 e. The highest BCUT2D eigenvalue weighted by molar-refractivity contribution is 5.76. The van der Waals surface area contributed by atoms with E-state index in [1.807, 2.05) is 16.0 Å². The van der Waals surface area contributed by atoms with E-state index in [-0.39, 0.29) is 30.9 Å². The number of hydrogen-bond donors (Lipinski definition) is 3. The number of aromatic nitrogens is 2. The molecule has 2 aliphatic rings. The van der Waals surface area contributed by atoms with Crippen LogP contribution >= 0.6 is 0 Å². The lowest BCUT2D eigenvalue weighted by Gasteiger charge is -2.30. The van der Waals surface area contributed by atoms with E-state index in [0.29, 0.717) is 39.3 Å². The Kier molecular flexibility index (Phi) is 8.21. The van der Waals surface area contributed by atoms with Crippen molar-refractivity contribution in [3.63, 3.8) is 0 Å². The quantitative estimate of drug-likeness (QED) is 0.570. The highest BCUT2D eigenvalue weighted by atomic mass is 16.5. The fourth-order valence-corrected chi connectivity index (χ4v) is 3.57. The van der Waals surface area contributed by atoms with Crippen molar-refractivity contribution in [1.29, 1.82) is 0 Å². The number of aryl methyl sites for hydroxylation is 1. The molecule has 0 radical (unpaired) electrons. The third-order valence-electron chi connectivity index (χ3n) is 4.63. The first-order valence-corrected chi connectivity index (χ1v) is 8.90. The van der Waals surface area contributed by atoms with Crippen LogP contribution in [0.3, 0.4) is 0 Å². The van der Waals surface area contributed by atoms with E-state index in [4.69, 9.17) is 19.7 Å². The Hall–Kier alpha value is -2.46. The second kappa shape index (κ2) is 10.6. The third-order valence-corrected chi connectivity index (χ3v) is 4.63. The molecule has 1 aromatic rings. The fraction of sp³-hybridized carbons (Fsp3) is 0.647. The molecule has 2 bridgehead atoms. The maximum atomic E-state index is 12.7. The Labute approximate surface area is 157 Å². The van der Waals surface area contributed by atoms with Crippen LogP contribution in [0.15, 0.2) is 12.4 Å². The predicted octanol–water partition coefficient (Wildman–Crippen LogP) is -0.323. The van der Waals surface area contributed by atoms with E-state index >= 15 is 0 Å². The van der Waals surface area contributed by atoms with Gasteiger partial charge in [0, 0.05) is 38.2 Å². The molecule has 150 valence electrons. The topological polar surface area (TPSA) is 136 Å². The number of H-pyrrole nitrogens is 1. The third kappa shape index (κ3) is 6.65. The number of amides is 1. The second-order valence-corrected chi connectivity index (χ2v) is 6.76. The van der Waals surface area contributed by atoms with Gasteiger partial charge < -0.3 is 19.8 Å². The number of carboxylic acid groups (broad SMARTS) is 2. The van der Waals surface area contributed by atoms with Crippen LogP contribution in [0.4, 0.5) is 0 Å². The number of carbonyl (C=O) groups is 3. The van der Waals surface area contributed by atoms with Gasteiger partial charge in [-0.25, -0.2) is 0 Å². The monoisotopic (exact) mass is 382 g/mol. The highest BCUT2D eigenvalue weighted by Crippen LogP contribution is 2.21. The molecule has 1 amide bonds. The lowest BCUT2D eigenvalue weighted by molar-refractivity contribution is -0.138. The van der Waals surface area contributed by atoms with Gasteiger partial charge in [-0.1, -0.05) is 0 Å². The molecule has 2 saturated heterocycles. The van der Waals surface area contributed by atoms with Crippen molar-refractivity contribution in [2.45, 2.75) is 25.3 Å². The SMILES string of the molecule is O=C(O)CN1C[C@@H]2COC[C@H](C1)N(C(=O)CCCc1cn[nH]c1)C2.O=CO. The molecule has 0 aliphatic carbocycles. The summed E-state index contributed by atoms with van der Waals surface area (Å²) >= 11 is 0. The highest BCUT2D eigenvalue weighted by Gasteiger charge is 2.35. The molecule has 27 heavy (non-hydrogen) atoms. The molecule has 10 heteroatoms. The summed E-state index contributed by atoms with van der Waals surface area (Å²) in [6.07, 6.45) is 5.73. The van der Waals surface area contributed by atoms with Crippen LogP contribution in [0.2, 0.25) is 0 Å². The van der Waals surface area contributed by atoms with Gasteiger partial charge in [-0.05, 0) is 18.4 Å². The number of nitrogens with zero attached hydrogens (tertiary/aromatic N) is 3. The van der Waals surface area contributed by atoms with Crippen molar-refractivity contribution in [2.75, 3.05) is 39.4 Å². The predicted molar refractivity (Wildman–Crippen MR) is 94.1 cm³/mol. The van der Waals surface area contributed by atoms with Gasteiger partial charge in [-0.15, -0.1) is 0 Å². The van der Waals surface area contributed by atoms with Crippen molar-refractivity contribution in [3.05, 3.63) is 18.0 Å². The molecule has 2 aliphatic heterocycles. The van der Waals surface area contributed by atoms with Gasteiger partial charge in [0.05, 0.1) is 32.0 Å². The first-order valence-electron chi connectivity index (χ1n) is 8.90. The number of hydrogen-bond acceptors (Lipinski definition) is 6. The molecule has 10 nitrogen and oxygen atoms in total. The molecule has 0 aromatic carbocycles. The molecular weight excluding hydrogens is 356 g/mol. The van der Waals surface area contributed by atoms with E-state index in [2.05, 4.69) is 10.2 Å². The van der Waals surface area contributed by atoms with E-state index in [1.165, 1.54) is 0 Å². The molecular formula is C17H26N4O6. The Morgan fingerprint density at radius 1 is 1.33 bits per heavy atom. The molecule has 3 N–H and O–H groups in total. The van der Waals surface area contributed by atoms with E-state index in [0.717, 1.165) is 18.4 Å². The number of fused-ring (bicyclic) bond motifs is 3. The van der Waals surface area contributed by atoms with Crippen LogP contribution in [0, 0.1) is 5.92 Å². The zero-order valence-corrected chi connectivity index (χ0v) is 15.1. The minimum Gasteiger partial charge on any atom is -0.483 e.